The van der Waals surface area contributed by atoms with E-state index in [9.17, 15) is 4.79 Å². The minimum absolute atomic E-state index is 0.101. The Morgan fingerprint density at radius 2 is 2.00 bits per heavy atom. The van der Waals surface area contributed by atoms with Gasteiger partial charge in [-0.15, -0.1) is 0 Å². The molecule has 0 aromatic heterocycles. The summed E-state index contributed by atoms with van der Waals surface area (Å²) >= 11 is 0. The van der Waals surface area contributed by atoms with Crippen molar-refractivity contribution < 1.29 is 4.79 Å². The first-order chi connectivity index (χ1) is 6.33. The van der Waals surface area contributed by atoms with Crippen molar-refractivity contribution >= 4 is 11.5 Å². The highest BCUT2D eigenvalue weighted by Gasteiger charge is 2.21. The number of fused-ring (bicyclic) bond motifs is 1. The quantitative estimate of drug-likeness (QED) is 0.589. The van der Waals surface area contributed by atoms with Crippen LogP contribution in [0.2, 0.25) is 0 Å². The summed E-state index contributed by atoms with van der Waals surface area (Å²) in [5, 5.41) is 0. The van der Waals surface area contributed by atoms with E-state index in [4.69, 9.17) is 0 Å². The third kappa shape index (κ3) is 1.28. The molecule has 0 fully saturated rings. The third-order valence-electron chi connectivity index (χ3n) is 2.43. The zero-order chi connectivity index (χ0) is 9.26. The van der Waals surface area contributed by atoms with Gasteiger partial charge in [-0.05, 0) is 18.4 Å². The van der Waals surface area contributed by atoms with Crippen molar-refractivity contribution in [2.75, 3.05) is 7.05 Å². The van der Waals surface area contributed by atoms with Crippen LogP contribution in [0.5, 0.6) is 0 Å². The van der Waals surface area contributed by atoms with Gasteiger partial charge in [-0.25, -0.2) is 0 Å². The summed E-state index contributed by atoms with van der Waals surface area (Å²) in [7, 11) is 1.68. The number of hydrogen-bond acceptors (Lipinski definition) is 2. The molecule has 0 saturated carbocycles. The van der Waals surface area contributed by atoms with E-state index in [2.05, 4.69) is 4.99 Å². The van der Waals surface area contributed by atoms with Crippen molar-refractivity contribution in [3.8, 4) is 0 Å². The number of carbonyl (C=O) groups is 1. The van der Waals surface area contributed by atoms with E-state index in [1.54, 1.807) is 7.05 Å². The van der Waals surface area contributed by atoms with Gasteiger partial charge in [0.2, 0.25) is 5.78 Å². The maximum absolute atomic E-state index is 11.7. The molecule has 0 bridgehead atoms. The molecule has 0 unspecified atom stereocenters. The fourth-order valence-corrected chi connectivity index (χ4v) is 1.70. The second-order valence-corrected chi connectivity index (χ2v) is 3.16. The van der Waals surface area contributed by atoms with E-state index >= 15 is 0 Å². The molecule has 1 aromatic rings. The molecule has 0 radical (unpaired) electrons. The number of aliphatic imine (C=N–C) groups is 1. The highest BCUT2D eigenvalue weighted by molar-refractivity contribution is 6.47. The molecule has 2 heteroatoms. The second kappa shape index (κ2) is 3.13. The summed E-state index contributed by atoms with van der Waals surface area (Å²) in [6, 6.07) is 7.76. The summed E-state index contributed by atoms with van der Waals surface area (Å²) in [6.07, 6.45) is 1.72. The lowest BCUT2D eigenvalue weighted by molar-refractivity contribution is 0.106. The van der Waals surface area contributed by atoms with Gasteiger partial charge in [-0.1, -0.05) is 24.3 Å². The van der Waals surface area contributed by atoms with E-state index in [0.717, 1.165) is 24.0 Å². The fourth-order valence-electron chi connectivity index (χ4n) is 1.70. The second-order valence-electron chi connectivity index (χ2n) is 3.16. The van der Waals surface area contributed by atoms with Crippen molar-refractivity contribution in [2.45, 2.75) is 12.8 Å². The van der Waals surface area contributed by atoms with E-state index in [0.29, 0.717) is 5.71 Å². The van der Waals surface area contributed by atoms with E-state index < -0.39 is 0 Å². The van der Waals surface area contributed by atoms with E-state index in [1.165, 1.54) is 0 Å². The fraction of sp³-hybridized carbons (Fsp3) is 0.273. The number of carbonyl (C=O) groups excluding carboxylic acids is 1. The van der Waals surface area contributed by atoms with Crippen molar-refractivity contribution in [2.24, 2.45) is 4.99 Å². The van der Waals surface area contributed by atoms with Crippen LogP contribution in [0.3, 0.4) is 0 Å². The summed E-state index contributed by atoms with van der Waals surface area (Å²) < 4.78 is 0. The SMILES string of the molecule is C/N=C1\CCc2ccccc2C1=O. The predicted octanol–water partition coefficient (Wildman–Crippen LogP) is 1.89. The molecule has 0 atom stereocenters. The summed E-state index contributed by atoms with van der Waals surface area (Å²) in [4.78, 5) is 15.7. The van der Waals surface area contributed by atoms with Gasteiger partial charge < -0.3 is 0 Å². The van der Waals surface area contributed by atoms with Crippen LogP contribution >= 0.6 is 0 Å². The van der Waals surface area contributed by atoms with Crippen LogP contribution in [0, 0.1) is 0 Å². The Morgan fingerprint density at radius 1 is 1.23 bits per heavy atom. The number of ketones is 1. The molecule has 0 saturated heterocycles. The molecule has 1 aromatic carbocycles. The van der Waals surface area contributed by atoms with Crippen molar-refractivity contribution in [1.29, 1.82) is 0 Å². The molecule has 2 nitrogen and oxygen atoms in total. The minimum Gasteiger partial charge on any atom is -0.289 e. The van der Waals surface area contributed by atoms with Gasteiger partial charge in [0.25, 0.3) is 0 Å². The minimum atomic E-state index is 0.101. The standard InChI is InChI=1S/C11H11NO/c1-12-10-7-6-8-4-2-3-5-9(8)11(10)13/h2-5H,6-7H2,1H3/b12-10+. The zero-order valence-corrected chi connectivity index (χ0v) is 7.58. The summed E-state index contributed by atoms with van der Waals surface area (Å²) in [5.74, 6) is 0.101. The maximum Gasteiger partial charge on any atom is 0.207 e. The van der Waals surface area contributed by atoms with Gasteiger partial charge >= 0.3 is 0 Å². The smallest absolute Gasteiger partial charge is 0.207 e. The molecule has 13 heavy (non-hydrogen) atoms. The van der Waals surface area contributed by atoms with Gasteiger partial charge in [-0.3, -0.25) is 9.79 Å². The number of benzene rings is 1. The van der Waals surface area contributed by atoms with Crippen molar-refractivity contribution in [3.05, 3.63) is 35.4 Å². The topological polar surface area (TPSA) is 29.4 Å². The van der Waals surface area contributed by atoms with Crippen LogP contribution in [-0.2, 0) is 6.42 Å². The number of rotatable bonds is 0. The predicted molar refractivity (Wildman–Crippen MR) is 52.5 cm³/mol. The average molecular weight is 173 g/mol. The monoisotopic (exact) mass is 173 g/mol. The number of hydrogen-bond donors (Lipinski definition) is 0. The van der Waals surface area contributed by atoms with Crippen LogP contribution < -0.4 is 0 Å². The van der Waals surface area contributed by atoms with Crippen LogP contribution in [-0.4, -0.2) is 18.5 Å². The van der Waals surface area contributed by atoms with E-state index in [-0.39, 0.29) is 5.78 Å². The van der Waals surface area contributed by atoms with Crippen molar-refractivity contribution in [1.82, 2.24) is 0 Å². The first-order valence-electron chi connectivity index (χ1n) is 4.41. The Kier molecular flexibility index (Phi) is 1.97. The van der Waals surface area contributed by atoms with Crippen LogP contribution in [0.25, 0.3) is 0 Å². The summed E-state index contributed by atoms with van der Waals surface area (Å²) in [5.41, 5.74) is 2.69. The van der Waals surface area contributed by atoms with E-state index in [1.807, 2.05) is 24.3 Å². The normalized spacial score (nSPS) is 18.8. The molecule has 0 N–H and O–H groups in total. The molecule has 0 spiro atoms. The molecular formula is C11H11NO. The first kappa shape index (κ1) is 8.17. The highest BCUT2D eigenvalue weighted by atomic mass is 16.1. The molecular weight excluding hydrogens is 162 g/mol. The number of nitrogens with zero attached hydrogens (tertiary/aromatic N) is 1. The molecule has 66 valence electrons. The van der Waals surface area contributed by atoms with Crippen LogP contribution in [0.4, 0.5) is 0 Å². The Labute approximate surface area is 77.3 Å². The Hall–Kier alpha value is -1.44. The van der Waals surface area contributed by atoms with Gasteiger partial charge in [0.15, 0.2) is 0 Å². The zero-order valence-electron chi connectivity index (χ0n) is 7.58. The molecule has 2 rings (SSSR count). The number of aryl methyl sites for hydroxylation is 1. The third-order valence-corrected chi connectivity index (χ3v) is 2.43. The van der Waals surface area contributed by atoms with Crippen LogP contribution in [0.1, 0.15) is 22.3 Å². The van der Waals surface area contributed by atoms with Gasteiger partial charge in [0.1, 0.15) is 0 Å². The van der Waals surface area contributed by atoms with Crippen LogP contribution in [0.15, 0.2) is 29.3 Å². The Bertz CT molecular complexity index is 379. The summed E-state index contributed by atoms with van der Waals surface area (Å²) in [6.45, 7) is 0. The van der Waals surface area contributed by atoms with Gasteiger partial charge in [0.05, 0.1) is 5.71 Å². The van der Waals surface area contributed by atoms with Gasteiger partial charge in [0, 0.05) is 12.6 Å². The maximum atomic E-state index is 11.7. The lowest BCUT2D eigenvalue weighted by Crippen LogP contribution is -2.22. The molecule has 0 heterocycles. The first-order valence-corrected chi connectivity index (χ1v) is 4.41. The lowest BCUT2D eigenvalue weighted by Gasteiger charge is -2.15. The molecule has 0 aliphatic heterocycles. The molecule has 0 amide bonds. The molecule has 1 aliphatic carbocycles. The Morgan fingerprint density at radius 3 is 2.77 bits per heavy atom. The lowest BCUT2D eigenvalue weighted by atomic mass is 9.89. The van der Waals surface area contributed by atoms with Crippen molar-refractivity contribution in [3.63, 3.8) is 0 Å². The number of Topliss-reactive ketones (excluding diaryl/α,β-unsaturated/α-hetero) is 1. The highest BCUT2D eigenvalue weighted by Crippen LogP contribution is 2.18. The largest absolute Gasteiger partial charge is 0.289 e. The Balaban J connectivity index is 2.51. The van der Waals surface area contributed by atoms with Gasteiger partial charge in [-0.2, -0.15) is 0 Å². The molecule has 1 aliphatic rings. The average Bonchev–Trinajstić information content (AvgIpc) is 2.19.